The van der Waals surface area contributed by atoms with E-state index in [-0.39, 0.29) is 27.9 Å². The quantitative estimate of drug-likeness (QED) is 0.937. The van der Waals surface area contributed by atoms with Crippen molar-refractivity contribution in [3.63, 3.8) is 0 Å². The van der Waals surface area contributed by atoms with Crippen LogP contribution in [0.5, 0.6) is 0 Å². The molecule has 2 aromatic heterocycles. The standard InChI is InChI=1S/C13H11F3N4OS/c14-13(15,16)5-10-19-20-12(22-10)18-11(21)9-4-8(9)7-2-1-3-17-6-7/h1-3,6,8-9H,4-5H2,(H,18,20,21)/t8-,9+/m0/s1. The Bertz CT molecular complexity index is 673. The first-order valence-corrected chi connectivity index (χ1v) is 7.34. The molecule has 0 aromatic carbocycles. The normalized spacial score (nSPS) is 20.7. The highest BCUT2D eigenvalue weighted by Gasteiger charge is 2.44. The molecule has 0 saturated heterocycles. The number of pyridine rings is 1. The maximum absolute atomic E-state index is 12.2. The Labute approximate surface area is 127 Å². The van der Waals surface area contributed by atoms with Crippen LogP contribution >= 0.6 is 11.3 Å². The Morgan fingerprint density at radius 3 is 2.91 bits per heavy atom. The van der Waals surface area contributed by atoms with Crippen molar-refractivity contribution in [1.82, 2.24) is 15.2 Å². The molecular weight excluding hydrogens is 317 g/mol. The SMILES string of the molecule is O=C(Nc1nnc(CC(F)(F)F)s1)[C@@H]1C[C@H]1c1cccnc1. The van der Waals surface area contributed by atoms with Crippen LogP contribution in [-0.2, 0) is 11.2 Å². The van der Waals surface area contributed by atoms with Crippen LogP contribution in [0, 0.1) is 5.92 Å². The van der Waals surface area contributed by atoms with Crippen molar-refractivity contribution in [3.05, 3.63) is 35.1 Å². The average Bonchev–Trinajstić information content (AvgIpc) is 3.15. The third-order valence-electron chi connectivity index (χ3n) is 3.29. The molecule has 5 nitrogen and oxygen atoms in total. The molecule has 116 valence electrons. The molecule has 0 bridgehead atoms. The molecule has 1 N–H and O–H groups in total. The zero-order chi connectivity index (χ0) is 15.7. The lowest BCUT2D eigenvalue weighted by atomic mass is 10.1. The van der Waals surface area contributed by atoms with Gasteiger partial charge in [-0.05, 0) is 24.0 Å². The van der Waals surface area contributed by atoms with Gasteiger partial charge in [0.2, 0.25) is 11.0 Å². The van der Waals surface area contributed by atoms with Gasteiger partial charge in [-0.3, -0.25) is 9.78 Å². The van der Waals surface area contributed by atoms with Crippen LogP contribution in [0.2, 0.25) is 0 Å². The largest absolute Gasteiger partial charge is 0.395 e. The number of alkyl halides is 3. The summed E-state index contributed by atoms with van der Waals surface area (Å²) in [5.41, 5.74) is 0.984. The number of hydrogen-bond donors (Lipinski definition) is 1. The van der Waals surface area contributed by atoms with Crippen molar-refractivity contribution in [1.29, 1.82) is 0 Å². The van der Waals surface area contributed by atoms with Gasteiger partial charge in [0.15, 0.2) is 0 Å². The van der Waals surface area contributed by atoms with Crippen LogP contribution in [0.3, 0.4) is 0 Å². The predicted octanol–water partition coefficient (Wildman–Crippen LogP) is 2.78. The number of nitrogens with one attached hydrogen (secondary N) is 1. The second-order valence-electron chi connectivity index (χ2n) is 5.02. The Morgan fingerprint density at radius 1 is 1.41 bits per heavy atom. The summed E-state index contributed by atoms with van der Waals surface area (Å²) in [6.45, 7) is 0. The molecule has 3 rings (SSSR count). The monoisotopic (exact) mass is 328 g/mol. The van der Waals surface area contributed by atoms with E-state index < -0.39 is 12.6 Å². The van der Waals surface area contributed by atoms with Crippen molar-refractivity contribution in [2.24, 2.45) is 5.92 Å². The number of aromatic nitrogens is 3. The lowest BCUT2D eigenvalue weighted by Gasteiger charge is -2.01. The number of amides is 1. The van der Waals surface area contributed by atoms with Crippen LogP contribution in [0.1, 0.15) is 22.9 Å². The van der Waals surface area contributed by atoms with E-state index in [1.807, 2.05) is 6.07 Å². The Hall–Kier alpha value is -2.03. The van der Waals surface area contributed by atoms with E-state index in [4.69, 9.17) is 0 Å². The molecule has 0 aliphatic heterocycles. The molecule has 2 atom stereocenters. The fourth-order valence-electron chi connectivity index (χ4n) is 2.19. The lowest BCUT2D eigenvalue weighted by molar-refractivity contribution is -0.127. The first-order chi connectivity index (χ1) is 10.4. The van der Waals surface area contributed by atoms with Crippen molar-refractivity contribution in [3.8, 4) is 0 Å². The summed E-state index contributed by atoms with van der Waals surface area (Å²) in [7, 11) is 0. The lowest BCUT2D eigenvalue weighted by Crippen LogP contribution is -2.14. The molecule has 0 radical (unpaired) electrons. The molecule has 1 saturated carbocycles. The number of halogens is 3. The maximum atomic E-state index is 12.2. The second-order valence-corrected chi connectivity index (χ2v) is 6.08. The maximum Gasteiger partial charge on any atom is 0.395 e. The molecule has 1 fully saturated rings. The number of nitrogens with zero attached hydrogens (tertiary/aromatic N) is 3. The molecule has 2 heterocycles. The van der Waals surface area contributed by atoms with E-state index in [0.29, 0.717) is 6.42 Å². The topological polar surface area (TPSA) is 67.8 Å². The summed E-state index contributed by atoms with van der Waals surface area (Å²) in [5.74, 6) is -0.334. The summed E-state index contributed by atoms with van der Waals surface area (Å²) in [6, 6.07) is 3.70. The highest BCUT2D eigenvalue weighted by Crippen LogP contribution is 2.47. The number of anilines is 1. The van der Waals surface area contributed by atoms with Crippen molar-refractivity contribution in [2.45, 2.75) is 24.9 Å². The van der Waals surface area contributed by atoms with Gasteiger partial charge in [-0.1, -0.05) is 17.4 Å². The number of carbonyl (C=O) groups is 1. The molecule has 9 heteroatoms. The first-order valence-electron chi connectivity index (χ1n) is 6.52. The van der Waals surface area contributed by atoms with E-state index in [1.165, 1.54) is 0 Å². The Kier molecular flexibility index (Phi) is 3.81. The van der Waals surface area contributed by atoms with Crippen LogP contribution in [0.15, 0.2) is 24.5 Å². The fourth-order valence-corrected chi connectivity index (χ4v) is 2.97. The zero-order valence-electron chi connectivity index (χ0n) is 11.2. The number of rotatable bonds is 4. The van der Waals surface area contributed by atoms with Crippen LogP contribution in [-0.4, -0.2) is 27.3 Å². The summed E-state index contributed by atoms with van der Waals surface area (Å²) in [5, 5.41) is 9.47. The summed E-state index contributed by atoms with van der Waals surface area (Å²) < 4.78 is 36.7. The van der Waals surface area contributed by atoms with Crippen molar-refractivity contribution >= 4 is 22.4 Å². The van der Waals surface area contributed by atoms with E-state index >= 15 is 0 Å². The van der Waals surface area contributed by atoms with Crippen molar-refractivity contribution in [2.75, 3.05) is 5.32 Å². The van der Waals surface area contributed by atoms with Gasteiger partial charge in [0, 0.05) is 18.3 Å². The van der Waals surface area contributed by atoms with Gasteiger partial charge in [0.1, 0.15) is 5.01 Å². The zero-order valence-corrected chi connectivity index (χ0v) is 12.0. The van der Waals surface area contributed by atoms with E-state index in [0.717, 1.165) is 16.9 Å². The van der Waals surface area contributed by atoms with E-state index in [9.17, 15) is 18.0 Å². The molecule has 0 spiro atoms. The molecule has 1 aliphatic carbocycles. The predicted molar refractivity (Wildman–Crippen MR) is 73.4 cm³/mol. The molecular formula is C13H11F3N4OS. The highest BCUT2D eigenvalue weighted by atomic mass is 32.1. The molecule has 2 aromatic rings. The van der Waals surface area contributed by atoms with Crippen molar-refractivity contribution < 1.29 is 18.0 Å². The summed E-state index contributed by atoms with van der Waals surface area (Å²) >= 11 is 0.744. The van der Waals surface area contributed by atoms with Gasteiger partial charge >= 0.3 is 6.18 Å². The Balaban J connectivity index is 1.57. The van der Waals surface area contributed by atoms with E-state index in [2.05, 4.69) is 20.5 Å². The highest BCUT2D eigenvalue weighted by molar-refractivity contribution is 7.15. The van der Waals surface area contributed by atoms with Gasteiger partial charge in [-0.15, -0.1) is 10.2 Å². The smallest absolute Gasteiger partial charge is 0.300 e. The van der Waals surface area contributed by atoms with Crippen LogP contribution in [0.25, 0.3) is 0 Å². The molecule has 22 heavy (non-hydrogen) atoms. The Morgan fingerprint density at radius 2 is 2.23 bits per heavy atom. The van der Waals surface area contributed by atoms with Gasteiger partial charge in [-0.25, -0.2) is 0 Å². The third-order valence-corrected chi connectivity index (χ3v) is 4.13. The average molecular weight is 328 g/mol. The number of carbonyl (C=O) groups excluding carboxylic acids is 1. The van der Waals surface area contributed by atoms with Crippen LogP contribution < -0.4 is 5.32 Å². The molecule has 1 amide bonds. The minimum atomic E-state index is -4.33. The third kappa shape index (κ3) is 3.59. The summed E-state index contributed by atoms with van der Waals surface area (Å²) in [6.07, 6.45) is -1.40. The summed E-state index contributed by atoms with van der Waals surface area (Å²) in [4.78, 5) is 16.0. The van der Waals surface area contributed by atoms with Gasteiger partial charge < -0.3 is 5.32 Å². The number of hydrogen-bond acceptors (Lipinski definition) is 5. The van der Waals surface area contributed by atoms with Gasteiger partial charge in [-0.2, -0.15) is 13.2 Å². The van der Waals surface area contributed by atoms with Gasteiger partial charge in [0.05, 0.1) is 6.42 Å². The first kappa shape index (κ1) is 14.9. The van der Waals surface area contributed by atoms with Crippen LogP contribution in [0.4, 0.5) is 18.3 Å². The van der Waals surface area contributed by atoms with E-state index in [1.54, 1.807) is 18.5 Å². The van der Waals surface area contributed by atoms with Gasteiger partial charge in [0.25, 0.3) is 0 Å². The minimum Gasteiger partial charge on any atom is -0.300 e. The minimum absolute atomic E-state index is 0.0982. The second kappa shape index (κ2) is 5.64. The molecule has 1 aliphatic rings. The fraction of sp³-hybridized carbons (Fsp3) is 0.385. The molecule has 0 unspecified atom stereocenters.